The smallest absolute Gasteiger partial charge is 0.261 e. The number of alkyl halides is 1. The van der Waals surface area contributed by atoms with Crippen molar-refractivity contribution < 1.29 is 8.42 Å². The van der Waals surface area contributed by atoms with E-state index >= 15 is 0 Å². The van der Waals surface area contributed by atoms with Gasteiger partial charge in [-0.15, -0.1) is 11.6 Å². The molecule has 8 heteroatoms. The highest BCUT2D eigenvalue weighted by molar-refractivity contribution is 7.89. The maximum absolute atomic E-state index is 12.5. The van der Waals surface area contributed by atoms with Crippen molar-refractivity contribution >= 4 is 33.2 Å². The van der Waals surface area contributed by atoms with Gasteiger partial charge in [0.15, 0.2) is 0 Å². The Hall–Kier alpha value is -0.300. The van der Waals surface area contributed by atoms with E-state index in [1.807, 2.05) is 0 Å². The molecular weight excluding hydrogens is 357 g/mol. The van der Waals surface area contributed by atoms with Crippen LogP contribution >= 0.6 is 23.2 Å². The largest absolute Gasteiger partial charge is 0.324 e. The number of sulfonamides is 1. The lowest BCUT2D eigenvalue weighted by Crippen LogP contribution is -2.56. The number of halogens is 2. The topological polar surface area (TPSA) is 64.0 Å². The molecular formula is C15H21Cl2N3O2S. The molecule has 128 valence electrons. The fraction of sp³-hybridized carbons (Fsp3) is 0.800. The molecule has 4 aliphatic carbocycles. The molecule has 23 heavy (non-hydrogen) atoms. The van der Waals surface area contributed by atoms with Gasteiger partial charge in [0.05, 0.1) is 6.33 Å². The van der Waals surface area contributed by atoms with E-state index < -0.39 is 10.0 Å². The zero-order valence-electron chi connectivity index (χ0n) is 13.1. The van der Waals surface area contributed by atoms with Crippen LogP contribution in [0.5, 0.6) is 0 Å². The summed E-state index contributed by atoms with van der Waals surface area (Å²) in [5, 5.41) is 0.0452. The number of hydrogen-bond acceptors (Lipinski definition) is 3. The summed E-state index contributed by atoms with van der Waals surface area (Å²) in [5.41, 5.74) is 0.000159. The molecule has 0 saturated heterocycles. The van der Waals surface area contributed by atoms with E-state index in [9.17, 15) is 8.42 Å². The fourth-order valence-electron chi connectivity index (χ4n) is 5.43. The minimum absolute atomic E-state index is 0.000159. The van der Waals surface area contributed by atoms with Crippen LogP contribution in [0.4, 0.5) is 0 Å². The Kier molecular flexibility index (Phi) is 3.59. The van der Waals surface area contributed by atoms with Gasteiger partial charge in [0.25, 0.3) is 10.0 Å². The van der Waals surface area contributed by atoms with Gasteiger partial charge in [-0.25, -0.2) is 18.1 Å². The van der Waals surface area contributed by atoms with E-state index in [1.54, 1.807) is 7.05 Å². The van der Waals surface area contributed by atoms with Gasteiger partial charge in [-0.2, -0.15) is 0 Å². The number of aryl methyl sites for hydroxylation is 1. The maximum atomic E-state index is 12.5. The van der Waals surface area contributed by atoms with Gasteiger partial charge in [0, 0.05) is 18.5 Å². The summed E-state index contributed by atoms with van der Waals surface area (Å²) < 4.78 is 29.3. The highest BCUT2D eigenvalue weighted by Gasteiger charge is 2.57. The number of rotatable bonds is 4. The summed E-state index contributed by atoms with van der Waals surface area (Å²) in [4.78, 5) is 3.81. The van der Waals surface area contributed by atoms with Crippen LogP contribution in [-0.4, -0.2) is 29.4 Å². The zero-order chi connectivity index (χ0) is 16.5. The molecule has 0 radical (unpaired) electrons. The lowest BCUT2D eigenvalue weighted by molar-refractivity contribution is -0.0360. The van der Waals surface area contributed by atoms with Gasteiger partial charge < -0.3 is 4.57 Å². The van der Waals surface area contributed by atoms with Crippen LogP contribution in [0.2, 0.25) is 5.15 Å². The number of nitrogens with zero attached hydrogens (tertiary/aromatic N) is 2. The lowest BCUT2D eigenvalue weighted by atomic mass is 9.49. The Morgan fingerprint density at radius 2 is 2.00 bits per heavy atom. The van der Waals surface area contributed by atoms with Crippen LogP contribution in [0.1, 0.15) is 38.5 Å². The van der Waals surface area contributed by atoms with Crippen molar-refractivity contribution in [2.24, 2.45) is 24.3 Å². The average Bonchev–Trinajstić information content (AvgIpc) is 2.75. The predicted molar refractivity (Wildman–Crippen MR) is 89.1 cm³/mol. The average molecular weight is 378 g/mol. The monoisotopic (exact) mass is 377 g/mol. The maximum Gasteiger partial charge on any atom is 0.261 e. The lowest BCUT2D eigenvalue weighted by Gasteiger charge is -2.60. The first-order chi connectivity index (χ1) is 10.7. The first-order valence-corrected chi connectivity index (χ1v) is 10.3. The molecule has 2 atom stereocenters. The first-order valence-electron chi connectivity index (χ1n) is 8.06. The van der Waals surface area contributed by atoms with Crippen molar-refractivity contribution in [3.63, 3.8) is 0 Å². The Bertz CT molecular complexity index is 732. The summed E-state index contributed by atoms with van der Waals surface area (Å²) in [6, 6.07) is 0. The van der Waals surface area contributed by atoms with Gasteiger partial charge in [-0.05, 0) is 55.8 Å². The summed E-state index contributed by atoms with van der Waals surface area (Å²) in [6.07, 6.45) is 7.92. The number of hydrogen-bond donors (Lipinski definition) is 1. The molecule has 4 aliphatic rings. The number of aromatic nitrogens is 2. The third kappa shape index (κ3) is 2.71. The second-order valence-electron chi connectivity index (χ2n) is 7.89. The zero-order valence-corrected chi connectivity index (χ0v) is 15.4. The van der Waals surface area contributed by atoms with Gasteiger partial charge in [-0.3, -0.25) is 0 Å². The molecule has 2 unspecified atom stereocenters. The van der Waals surface area contributed by atoms with Crippen LogP contribution in [0.25, 0.3) is 0 Å². The minimum Gasteiger partial charge on any atom is -0.324 e. The molecule has 0 aromatic carbocycles. The second kappa shape index (κ2) is 5.10. The van der Waals surface area contributed by atoms with E-state index in [0.717, 1.165) is 32.1 Å². The molecule has 0 spiro atoms. The highest BCUT2D eigenvalue weighted by atomic mass is 35.5. The Morgan fingerprint density at radius 1 is 1.35 bits per heavy atom. The van der Waals surface area contributed by atoms with Crippen molar-refractivity contribution in [2.45, 2.75) is 48.4 Å². The fourth-order valence-corrected chi connectivity index (χ4v) is 7.73. The molecule has 4 saturated carbocycles. The summed E-state index contributed by atoms with van der Waals surface area (Å²) in [6.45, 7) is 0.434. The molecule has 5 nitrogen and oxygen atoms in total. The highest BCUT2D eigenvalue weighted by Crippen LogP contribution is 2.63. The standard InChI is InChI=1S/C15H21Cl2N3O2S/c1-20-9-18-13(12(20)16)23(21,22)19-8-14-3-10-2-11(4-14)6-15(17,5-10)7-14/h9-11,19H,2-8H2,1H3. The van der Waals surface area contributed by atoms with Crippen molar-refractivity contribution in [1.82, 2.24) is 14.3 Å². The van der Waals surface area contributed by atoms with E-state index in [4.69, 9.17) is 23.2 Å². The first kappa shape index (κ1) is 16.2. The van der Waals surface area contributed by atoms with Crippen LogP contribution in [-0.2, 0) is 17.1 Å². The third-order valence-corrected chi connectivity index (χ3v) is 8.17. The van der Waals surface area contributed by atoms with E-state index in [-0.39, 0.29) is 20.5 Å². The summed E-state index contributed by atoms with van der Waals surface area (Å²) >= 11 is 12.8. The number of nitrogens with one attached hydrogen (secondary N) is 1. The molecule has 4 bridgehead atoms. The van der Waals surface area contributed by atoms with Crippen molar-refractivity contribution in [3.05, 3.63) is 11.5 Å². The SMILES string of the molecule is Cn1cnc(S(=O)(=O)NCC23CC4CC(CC(Cl)(C4)C2)C3)c1Cl. The predicted octanol–water partition coefficient (Wildman–Crippen LogP) is 2.93. The van der Waals surface area contributed by atoms with Gasteiger partial charge in [0.1, 0.15) is 5.15 Å². The molecule has 4 fully saturated rings. The summed E-state index contributed by atoms with van der Waals surface area (Å²) in [5.74, 6) is 1.30. The van der Waals surface area contributed by atoms with Crippen molar-refractivity contribution in [1.29, 1.82) is 0 Å². The Labute approximate surface area is 146 Å². The molecule has 1 aromatic heterocycles. The number of imidazole rings is 1. The molecule has 0 aliphatic heterocycles. The van der Waals surface area contributed by atoms with Crippen LogP contribution in [0.3, 0.4) is 0 Å². The summed E-state index contributed by atoms with van der Waals surface area (Å²) in [7, 11) is -2.02. The molecule has 1 heterocycles. The van der Waals surface area contributed by atoms with E-state index in [0.29, 0.717) is 18.4 Å². The Balaban J connectivity index is 1.54. The van der Waals surface area contributed by atoms with Gasteiger partial charge >= 0.3 is 0 Å². The van der Waals surface area contributed by atoms with Crippen LogP contribution < -0.4 is 4.72 Å². The van der Waals surface area contributed by atoms with Gasteiger partial charge in [0.2, 0.25) is 5.03 Å². The van der Waals surface area contributed by atoms with Crippen LogP contribution in [0.15, 0.2) is 11.4 Å². The van der Waals surface area contributed by atoms with Crippen molar-refractivity contribution in [3.8, 4) is 0 Å². The Morgan fingerprint density at radius 3 is 2.52 bits per heavy atom. The third-order valence-electron chi connectivity index (χ3n) is 5.84. The quantitative estimate of drug-likeness (QED) is 0.820. The van der Waals surface area contributed by atoms with Gasteiger partial charge in [-0.1, -0.05) is 11.6 Å². The van der Waals surface area contributed by atoms with Crippen molar-refractivity contribution in [2.75, 3.05) is 6.54 Å². The minimum atomic E-state index is -3.69. The van der Waals surface area contributed by atoms with E-state index in [2.05, 4.69) is 9.71 Å². The molecule has 5 rings (SSSR count). The van der Waals surface area contributed by atoms with E-state index in [1.165, 1.54) is 17.3 Å². The normalized spacial score (nSPS) is 39.1. The molecule has 1 N–H and O–H groups in total. The molecule has 0 amide bonds. The molecule has 1 aromatic rings. The second-order valence-corrected chi connectivity index (χ2v) is 10.7. The van der Waals surface area contributed by atoms with Crippen LogP contribution in [0, 0.1) is 17.3 Å².